The van der Waals surface area contributed by atoms with Crippen LogP contribution in [0, 0.1) is 5.82 Å². The van der Waals surface area contributed by atoms with Gasteiger partial charge in [0.2, 0.25) is 0 Å². The second kappa shape index (κ2) is 7.20. The summed E-state index contributed by atoms with van der Waals surface area (Å²) >= 11 is 3.23. The van der Waals surface area contributed by atoms with Crippen LogP contribution in [0.25, 0.3) is 33.4 Å². The van der Waals surface area contributed by atoms with Crippen molar-refractivity contribution in [3.8, 4) is 0 Å². The molecule has 0 saturated carbocycles. The van der Waals surface area contributed by atoms with Gasteiger partial charge in [-0.1, -0.05) is 12.1 Å². The van der Waals surface area contributed by atoms with Gasteiger partial charge in [0.05, 0.1) is 16.6 Å². The van der Waals surface area contributed by atoms with Crippen LogP contribution in [0.4, 0.5) is 4.39 Å². The molecule has 32 heavy (non-hydrogen) atoms. The molecule has 160 valence electrons. The number of aromatic nitrogens is 6. The molecule has 0 aliphatic heterocycles. The molecule has 4 heterocycles. The van der Waals surface area contributed by atoms with Crippen LogP contribution in [-0.4, -0.2) is 51.3 Å². The van der Waals surface area contributed by atoms with Gasteiger partial charge in [-0.2, -0.15) is 0 Å². The van der Waals surface area contributed by atoms with E-state index < -0.39 is 17.8 Å². The highest BCUT2D eigenvalue weighted by Crippen LogP contribution is 2.27. The van der Waals surface area contributed by atoms with Crippen LogP contribution < -0.4 is 0 Å². The zero-order chi connectivity index (χ0) is 22.6. The van der Waals surface area contributed by atoms with Gasteiger partial charge in [0, 0.05) is 22.9 Å². The van der Waals surface area contributed by atoms with Crippen molar-refractivity contribution in [3.05, 3.63) is 70.2 Å². The number of hydrogen-bond donors (Lipinski definition) is 4. The number of carboxylic acid groups (broad SMARTS) is 2. The molecular formula is C20H12BrFN6O4. The molecule has 0 bridgehead atoms. The summed E-state index contributed by atoms with van der Waals surface area (Å²) in [4.78, 5) is 30.2. The van der Waals surface area contributed by atoms with Gasteiger partial charge < -0.3 is 10.2 Å². The van der Waals surface area contributed by atoms with Gasteiger partial charge in [0.25, 0.3) is 0 Å². The molecule has 0 fully saturated rings. The number of carbonyl (C=O) groups is 2. The Labute approximate surface area is 185 Å². The summed E-state index contributed by atoms with van der Waals surface area (Å²) in [6, 6.07) is 10.1. The van der Waals surface area contributed by atoms with Gasteiger partial charge in [-0.3, -0.25) is 10.2 Å². The van der Waals surface area contributed by atoms with E-state index in [1.165, 1.54) is 29.0 Å². The average Bonchev–Trinajstić information content (AvgIpc) is 3.46. The minimum absolute atomic E-state index is 0.0495. The molecular weight excluding hydrogens is 487 g/mol. The van der Waals surface area contributed by atoms with Crippen molar-refractivity contribution in [1.82, 2.24) is 29.2 Å². The zero-order valence-corrected chi connectivity index (χ0v) is 17.5. The third-order valence-electron chi connectivity index (χ3n) is 4.85. The maximum Gasteiger partial charge on any atom is 0.341 e. The first kappa shape index (κ1) is 19.8. The number of benzene rings is 2. The Hall–Kier alpha value is -4.19. The molecule has 0 aliphatic carbocycles. The van der Waals surface area contributed by atoms with E-state index in [0.29, 0.717) is 21.2 Å². The van der Waals surface area contributed by atoms with Crippen molar-refractivity contribution in [2.45, 2.75) is 0 Å². The molecule has 4 N–H and O–H groups in total. The Morgan fingerprint density at radius 2 is 1.50 bits per heavy atom. The molecule has 6 rings (SSSR count). The Bertz CT molecular complexity index is 1680. The maximum absolute atomic E-state index is 13.2. The smallest absolute Gasteiger partial charge is 0.341 e. The molecule has 2 aromatic carbocycles. The number of aromatic amines is 2. The van der Waals surface area contributed by atoms with Crippen molar-refractivity contribution in [2.24, 2.45) is 0 Å². The first-order chi connectivity index (χ1) is 15.3. The molecule has 0 amide bonds. The molecule has 0 atom stereocenters. The van der Waals surface area contributed by atoms with Crippen molar-refractivity contribution in [3.63, 3.8) is 0 Å². The lowest BCUT2D eigenvalue weighted by atomic mass is 10.3. The topological polar surface area (TPSA) is 141 Å². The van der Waals surface area contributed by atoms with Crippen molar-refractivity contribution >= 4 is 61.2 Å². The summed E-state index contributed by atoms with van der Waals surface area (Å²) in [6.45, 7) is 0. The summed E-state index contributed by atoms with van der Waals surface area (Å²) < 4.78 is 16.9. The van der Waals surface area contributed by atoms with Crippen LogP contribution in [0.15, 0.2) is 53.3 Å². The van der Waals surface area contributed by atoms with Crippen molar-refractivity contribution in [1.29, 1.82) is 0 Å². The Balaban J connectivity index is 0.000000136. The molecule has 0 unspecified atom stereocenters. The number of nitrogens with one attached hydrogen (secondary N) is 2. The van der Waals surface area contributed by atoms with Crippen LogP contribution in [0.5, 0.6) is 0 Å². The van der Waals surface area contributed by atoms with Crippen LogP contribution in [0.2, 0.25) is 0 Å². The second-order valence-electron chi connectivity index (χ2n) is 6.77. The van der Waals surface area contributed by atoms with Crippen molar-refractivity contribution in [2.75, 3.05) is 0 Å². The van der Waals surface area contributed by atoms with Crippen LogP contribution >= 0.6 is 15.9 Å². The Morgan fingerprint density at radius 3 is 2.19 bits per heavy atom. The summed E-state index contributed by atoms with van der Waals surface area (Å²) in [7, 11) is 0. The quantitative estimate of drug-likeness (QED) is 0.285. The number of nitrogens with zero attached hydrogens (tertiary/aromatic N) is 4. The molecule has 4 aromatic heterocycles. The number of carboxylic acids is 2. The number of hydrogen-bond acceptors (Lipinski definition) is 4. The highest BCUT2D eigenvalue weighted by Gasteiger charge is 2.18. The molecule has 10 nitrogen and oxygen atoms in total. The van der Waals surface area contributed by atoms with E-state index in [2.05, 4.69) is 36.1 Å². The first-order valence-electron chi connectivity index (χ1n) is 9.11. The van der Waals surface area contributed by atoms with E-state index in [-0.39, 0.29) is 16.8 Å². The SMILES string of the molecule is O=C(O)c1c[nH]n2c1nc1cc(F)cc(Br)c12.O=C(O)c1c[nH]n2c1nc1ccccc12. The van der Waals surface area contributed by atoms with Crippen LogP contribution in [-0.2, 0) is 0 Å². The minimum Gasteiger partial charge on any atom is -0.477 e. The number of aromatic carboxylic acids is 2. The van der Waals surface area contributed by atoms with Gasteiger partial charge in [-0.25, -0.2) is 33.0 Å². The fourth-order valence-electron chi connectivity index (χ4n) is 3.47. The normalized spacial score (nSPS) is 11.3. The standard InChI is InChI=1S/C10H5BrFN3O2.C10H7N3O2/c11-6-1-4(12)2-7-8(6)15-9(14-7)5(3-13-15)10(16)17;14-10(15)6-5-11-13-8-4-2-1-3-7(8)12-9(6)13/h1-3,13H,(H,16,17);1-5,11H,(H,14,15). The lowest BCUT2D eigenvalue weighted by molar-refractivity contribution is 0.0688. The van der Waals surface area contributed by atoms with Gasteiger partial charge in [0.15, 0.2) is 11.3 Å². The highest BCUT2D eigenvalue weighted by molar-refractivity contribution is 9.10. The van der Waals surface area contributed by atoms with Gasteiger partial charge in [-0.05, 0) is 34.1 Å². The summed E-state index contributed by atoms with van der Waals surface area (Å²) in [5.74, 6) is -2.48. The maximum atomic E-state index is 13.2. The largest absolute Gasteiger partial charge is 0.477 e. The third kappa shape index (κ3) is 3.00. The molecule has 0 aliphatic rings. The van der Waals surface area contributed by atoms with E-state index in [4.69, 9.17) is 10.2 Å². The molecule has 6 aromatic rings. The first-order valence-corrected chi connectivity index (χ1v) is 9.90. The van der Waals surface area contributed by atoms with Crippen molar-refractivity contribution < 1.29 is 24.2 Å². The number of H-pyrrole nitrogens is 2. The van der Waals surface area contributed by atoms with E-state index in [0.717, 1.165) is 11.0 Å². The Morgan fingerprint density at radius 1 is 0.906 bits per heavy atom. The third-order valence-corrected chi connectivity index (χ3v) is 5.45. The molecule has 0 radical (unpaired) electrons. The Kier molecular flexibility index (Phi) is 4.44. The number of imidazole rings is 2. The molecule has 0 spiro atoms. The van der Waals surface area contributed by atoms with Gasteiger partial charge in [-0.15, -0.1) is 0 Å². The van der Waals surface area contributed by atoms with E-state index in [1.54, 1.807) is 4.52 Å². The lowest BCUT2D eigenvalue weighted by Gasteiger charge is -1.95. The second-order valence-corrected chi connectivity index (χ2v) is 7.62. The number of fused-ring (bicyclic) bond motifs is 6. The fraction of sp³-hybridized carbons (Fsp3) is 0. The molecule has 12 heteroatoms. The fourth-order valence-corrected chi connectivity index (χ4v) is 4.07. The molecule has 0 saturated heterocycles. The minimum atomic E-state index is -1.08. The number of rotatable bonds is 2. The predicted octanol–water partition coefficient (Wildman–Crippen LogP) is 3.93. The predicted molar refractivity (Wildman–Crippen MR) is 116 cm³/mol. The summed E-state index contributed by atoms with van der Waals surface area (Å²) in [5.41, 5.74) is 3.61. The number of para-hydroxylation sites is 2. The monoisotopic (exact) mass is 498 g/mol. The lowest BCUT2D eigenvalue weighted by Crippen LogP contribution is -1.94. The van der Waals surface area contributed by atoms with Gasteiger partial charge >= 0.3 is 11.9 Å². The number of halogens is 2. The average molecular weight is 499 g/mol. The van der Waals surface area contributed by atoms with Crippen LogP contribution in [0.3, 0.4) is 0 Å². The van der Waals surface area contributed by atoms with E-state index in [9.17, 15) is 14.0 Å². The van der Waals surface area contributed by atoms with E-state index in [1.807, 2.05) is 24.3 Å². The highest BCUT2D eigenvalue weighted by atomic mass is 79.9. The van der Waals surface area contributed by atoms with E-state index >= 15 is 0 Å². The zero-order valence-electron chi connectivity index (χ0n) is 15.9. The van der Waals surface area contributed by atoms with Crippen LogP contribution in [0.1, 0.15) is 20.7 Å². The summed E-state index contributed by atoms with van der Waals surface area (Å²) in [5, 5.41) is 23.5. The van der Waals surface area contributed by atoms with Gasteiger partial charge in [0.1, 0.15) is 22.5 Å². The summed E-state index contributed by atoms with van der Waals surface area (Å²) in [6.07, 6.45) is 2.79.